The number of nitrogens with one attached hydrogen (secondary N) is 1. The first-order valence-corrected chi connectivity index (χ1v) is 9.25. The lowest BCUT2D eigenvalue weighted by Gasteiger charge is -2.10. The van der Waals surface area contributed by atoms with Crippen LogP contribution in [0.5, 0.6) is 0 Å². The Kier molecular flexibility index (Phi) is 4.39. The van der Waals surface area contributed by atoms with Gasteiger partial charge in [0.2, 0.25) is 11.1 Å². The second-order valence-corrected chi connectivity index (χ2v) is 7.04. The topological polar surface area (TPSA) is 98.7 Å². The minimum atomic E-state index is -0.106. The van der Waals surface area contributed by atoms with Crippen molar-refractivity contribution in [2.24, 2.45) is 0 Å². The summed E-state index contributed by atoms with van der Waals surface area (Å²) in [6.45, 7) is 1.80. The van der Waals surface area contributed by atoms with E-state index in [0.717, 1.165) is 18.4 Å². The highest BCUT2D eigenvalue weighted by Gasteiger charge is 2.22. The van der Waals surface area contributed by atoms with Gasteiger partial charge in [-0.2, -0.15) is 0 Å². The van der Waals surface area contributed by atoms with E-state index in [1.807, 2.05) is 4.68 Å². The van der Waals surface area contributed by atoms with Crippen molar-refractivity contribution in [1.29, 1.82) is 0 Å². The van der Waals surface area contributed by atoms with Crippen LogP contribution in [0.3, 0.4) is 0 Å². The third-order valence-corrected chi connectivity index (χ3v) is 5.18. The highest BCUT2D eigenvalue weighted by Crippen LogP contribution is 2.31. The molecule has 0 radical (unpaired) electrons. The summed E-state index contributed by atoms with van der Waals surface area (Å²) < 4.78 is 7.29. The molecular formula is C16H18N6O2S. The molecule has 3 aromatic rings. The SMILES string of the molecule is Cc1nc2cc(NC(=O)CSc3nnnn3C3CCCC3)ccc2o1. The Hall–Kier alpha value is -2.42. The van der Waals surface area contributed by atoms with Crippen molar-refractivity contribution in [2.75, 3.05) is 11.1 Å². The lowest BCUT2D eigenvalue weighted by molar-refractivity contribution is -0.113. The molecule has 0 spiro atoms. The van der Waals surface area contributed by atoms with E-state index in [1.165, 1.54) is 24.6 Å². The number of tetrazole rings is 1. The smallest absolute Gasteiger partial charge is 0.234 e. The van der Waals surface area contributed by atoms with Crippen molar-refractivity contribution in [3.05, 3.63) is 24.1 Å². The van der Waals surface area contributed by atoms with Crippen LogP contribution in [0.15, 0.2) is 27.8 Å². The molecule has 9 heteroatoms. The summed E-state index contributed by atoms with van der Waals surface area (Å²) >= 11 is 1.36. The number of thioether (sulfide) groups is 1. The van der Waals surface area contributed by atoms with E-state index in [1.54, 1.807) is 25.1 Å². The number of hydrogen-bond donors (Lipinski definition) is 1. The molecule has 25 heavy (non-hydrogen) atoms. The average molecular weight is 358 g/mol. The summed E-state index contributed by atoms with van der Waals surface area (Å²) in [4.78, 5) is 16.5. The van der Waals surface area contributed by atoms with E-state index < -0.39 is 0 Å². The summed E-state index contributed by atoms with van der Waals surface area (Å²) in [5.41, 5.74) is 2.13. The number of fused-ring (bicyclic) bond motifs is 1. The van der Waals surface area contributed by atoms with Crippen LogP contribution in [0.1, 0.15) is 37.6 Å². The third-order valence-electron chi connectivity index (χ3n) is 4.24. The Morgan fingerprint density at radius 2 is 2.24 bits per heavy atom. The molecule has 8 nitrogen and oxygen atoms in total. The average Bonchev–Trinajstić information content (AvgIpc) is 3.31. The number of rotatable bonds is 5. The van der Waals surface area contributed by atoms with E-state index in [4.69, 9.17) is 4.42 Å². The molecule has 2 heterocycles. The first-order chi connectivity index (χ1) is 12.2. The van der Waals surface area contributed by atoms with Gasteiger partial charge in [0.05, 0.1) is 11.8 Å². The Morgan fingerprint density at radius 3 is 3.08 bits per heavy atom. The van der Waals surface area contributed by atoms with Gasteiger partial charge in [-0.3, -0.25) is 4.79 Å². The molecule has 1 fully saturated rings. The molecule has 0 unspecified atom stereocenters. The van der Waals surface area contributed by atoms with E-state index in [-0.39, 0.29) is 11.7 Å². The number of anilines is 1. The fourth-order valence-electron chi connectivity index (χ4n) is 3.11. The van der Waals surface area contributed by atoms with Gasteiger partial charge in [0, 0.05) is 12.6 Å². The fourth-order valence-corrected chi connectivity index (χ4v) is 3.85. The largest absolute Gasteiger partial charge is 0.441 e. The third kappa shape index (κ3) is 3.51. The summed E-state index contributed by atoms with van der Waals surface area (Å²) in [6.07, 6.45) is 4.61. The number of hydrogen-bond acceptors (Lipinski definition) is 7. The molecule has 2 aromatic heterocycles. The van der Waals surface area contributed by atoms with Crippen LogP contribution in [-0.4, -0.2) is 36.9 Å². The Morgan fingerprint density at radius 1 is 1.40 bits per heavy atom. The molecule has 1 amide bonds. The molecule has 130 valence electrons. The van der Waals surface area contributed by atoms with Crippen molar-refractivity contribution in [1.82, 2.24) is 25.2 Å². The van der Waals surface area contributed by atoms with Crippen LogP contribution in [0.4, 0.5) is 5.69 Å². The monoisotopic (exact) mass is 358 g/mol. The number of oxazole rings is 1. The normalized spacial score (nSPS) is 15.1. The van der Waals surface area contributed by atoms with Gasteiger partial charge in [-0.25, -0.2) is 9.67 Å². The van der Waals surface area contributed by atoms with Crippen molar-refractivity contribution in [3.8, 4) is 0 Å². The second-order valence-electron chi connectivity index (χ2n) is 6.10. The van der Waals surface area contributed by atoms with Gasteiger partial charge in [-0.15, -0.1) is 5.10 Å². The first kappa shape index (κ1) is 16.1. The van der Waals surface area contributed by atoms with E-state index >= 15 is 0 Å². The summed E-state index contributed by atoms with van der Waals surface area (Å²) in [6, 6.07) is 5.77. The molecule has 1 aliphatic rings. The van der Waals surface area contributed by atoms with Crippen LogP contribution in [0.2, 0.25) is 0 Å². The van der Waals surface area contributed by atoms with E-state index in [0.29, 0.717) is 28.4 Å². The summed E-state index contributed by atoms with van der Waals surface area (Å²) in [7, 11) is 0. The van der Waals surface area contributed by atoms with Gasteiger partial charge in [0.1, 0.15) is 5.52 Å². The van der Waals surface area contributed by atoms with Crippen LogP contribution >= 0.6 is 11.8 Å². The minimum absolute atomic E-state index is 0.106. The van der Waals surface area contributed by atoms with Crippen LogP contribution in [0.25, 0.3) is 11.1 Å². The van der Waals surface area contributed by atoms with Crippen molar-refractivity contribution in [3.63, 3.8) is 0 Å². The predicted octanol–water partition coefficient (Wildman–Crippen LogP) is 2.97. The molecule has 0 saturated heterocycles. The molecule has 0 aliphatic heterocycles. The molecule has 1 aromatic carbocycles. The molecule has 1 saturated carbocycles. The van der Waals surface area contributed by atoms with Crippen molar-refractivity contribution < 1.29 is 9.21 Å². The van der Waals surface area contributed by atoms with E-state index in [9.17, 15) is 4.79 Å². The highest BCUT2D eigenvalue weighted by atomic mass is 32.2. The second kappa shape index (κ2) is 6.83. The molecule has 1 aliphatic carbocycles. The first-order valence-electron chi connectivity index (χ1n) is 8.27. The zero-order valence-corrected chi connectivity index (χ0v) is 14.6. The standard InChI is InChI=1S/C16H18N6O2S/c1-10-17-13-8-11(6-7-14(13)24-10)18-15(23)9-25-16-19-20-21-22(16)12-4-2-3-5-12/h6-8,12H,2-5,9H2,1H3,(H,18,23). The van der Waals surface area contributed by atoms with Crippen LogP contribution < -0.4 is 5.32 Å². The number of amides is 1. The maximum Gasteiger partial charge on any atom is 0.234 e. The predicted molar refractivity (Wildman–Crippen MR) is 93.4 cm³/mol. The number of carbonyl (C=O) groups is 1. The van der Waals surface area contributed by atoms with Gasteiger partial charge in [-0.1, -0.05) is 24.6 Å². The number of aryl methyl sites for hydroxylation is 1. The summed E-state index contributed by atoms with van der Waals surface area (Å²) in [5, 5.41) is 15.5. The maximum absolute atomic E-state index is 12.2. The Bertz CT molecular complexity index is 899. The molecule has 1 N–H and O–H groups in total. The van der Waals surface area contributed by atoms with Gasteiger partial charge < -0.3 is 9.73 Å². The molecule has 0 atom stereocenters. The minimum Gasteiger partial charge on any atom is -0.441 e. The van der Waals surface area contributed by atoms with Gasteiger partial charge in [0.25, 0.3) is 0 Å². The van der Waals surface area contributed by atoms with Crippen LogP contribution in [-0.2, 0) is 4.79 Å². The Labute approximate surface area is 148 Å². The summed E-state index contributed by atoms with van der Waals surface area (Å²) in [5.74, 6) is 0.751. The fraction of sp³-hybridized carbons (Fsp3) is 0.438. The van der Waals surface area contributed by atoms with Crippen LogP contribution in [0, 0.1) is 6.92 Å². The highest BCUT2D eigenvalue weighted by molar-refractivity contribution is 7.99. The number of benzene rings is 1. The van der Waals surface area contributed by atoms with Gasteiger partial charge in [-0.05, 0) is 41.5 Å². The number of carbonyl (C=O) groups excluding carboxylic acids is 1. The molecule has 4 rings (SSSR count). The molecular weight excluding hydrogens is 340 g/mol. The quantitative estimate of drug-likeness (QED) is 0.700. The number of aromatic nitrogens is 5. The van der Waals surface area contributed by atoms with E-state index in [2.05, 4.69) is 25.8 Å². The lowest BCUT2D eigenvalue weighted by atomic mass is 10.3. The zero-order chi connectivity index (χ0) is 17.2. The van der Waals surface area contributed by atoms with Crippen molar-refractivity contribution >= 4 is 34.5 Å². The van der Waals surface area contributed by atoms with Crippen molar-refractivity contribution in [2.45, 2.75) is 43.8 Å². The zero-order valence-electron chi connectivity index (χ0n) is 13.8. The maximum atomic E-state index is 12.2. The van der Waals surface area contributed by atoms with Gasteiger partial charge >= 0.3 is 0 Å². The Balaban J connectivity index is 1.38. The number of nitrogens with zero attached hydrogens (tertiary/aromatic N) is 5. The molecule has 0 bridgehead atoms. The lowest BCUT2D eigenvalue weighted by Crippen LogP contribution is -2.15. The van der Waals surface area contributed by atoms with Gasteiger partial charge in [0.15, 0.2) is 11.5 Å².